The Balaban J connectivity index is 2.65. The standard InChI is InChI=1S/C13H19F2NOS/c1-3-7-16-10(4-2)9-18(17)11-5-6-12(14)13(15)8-11/h5-6,8,10,16H,3-4,7,9H2,1-2H3. The van der Waals surface area contributed by atoms with Crippen molar-refractivity contribution >= 4 is 10.8 Å². The van der Waals surface area contributed by atoms with Crippen LogP contribution in [0, 0.1) is 11.6 Å². The van der Waals surface area contributed by atoms with Crippen molar-refractivity contribution in [1.82, 2.24) is 5.32 Å². The minimum atomic E-state index is -1.30. The van der Waals surface area contributed by atoms with Crippen LogP contribution in [0.25, 0.3) is 0 Å². The average Bonchev–Trinajstić information content (AvgIpc) is 2.37. The Kier molecular flexibility index (Phi) is 6.43. The third-order valence-corrected chi connectivity index (χ3v) is 4.17. The zero-order valence-electron chi connectivity index (χ0n) is 10.7. The van der Waals surface area contributed by atoms with Crippen LogP contribution < -0.4 is 5.32 Å². The summed E-state index contributed by atoms with van der Waals surface area (Å²) in [7, 11) is -1.30. The minimum Gasteiger partial charge on any atom is -0.313 e. The molecule has 1 aromatic carbocycles. The van der Waals surface area contributed by atoms with E-state index in [0.29, 0.717) is 10.6 Å². The normalized spacial score (nSPS) is 14.4. The first-order valence-corrected chi connectivity index (χ1v) is 7.47. The average molecular weight is 275 g/mol. The Morgan fingerprint density at radius 2 is 2.00 bits per heavy atom. The van der Waals surface area contributed by atoms with Crippen LogP contribution in [0.1, 0.15) is 26.7 Å². The third-order valence-electron chi connectivity index (χ3n) is 2.68. The van der Waals surface area contributed by atoms with Crippen LogP contribution in [0.3, 0.4) is 0 Å². The smallest absolute Gasteiger partial charge is 0.160 e. The largest absolute Gasteiger partial charge is 0.313 e. The van der Waals surface area contributed by atoms with Gasteiger partial charge >= 0.3 is 0 Å². The summed E-state index contributed by atoms with van der Waals surface area (Å²) in [5.74, 6) is -1.44. The molecule has 2 unspecified atom stereocenters. The van der Waals surface area contributed by atoms with Crippen molar-refractivity contribution in [1.29, 1.82) is 0 Å². The van der Waals surface area contributed by atoms with Gasteiger partial charge in [-0.25, -0.2) is 8.78 Å². The SMILES string of the molecule is CCCNC(CC)CS(=O)c1ccc(F)c(F)c1. The lowest BCUT2D eigenvalue weighted by Crippen LogP contribution is -2.34. The summed E-state index contributed by atoms with van der Waals surface area (Å²) in [6, 6.07) is 3.54. The second kappa shape index (κ2) is 7.59. The summed E-state index contributed by atoms with van der Waals surface area (Å²) in [6.07, 6.45) is 1.86. The predicted molar refractivity (Wildman–Crippen MR) is 70.0 cm³/mol. The van der Waals surface area contributed by atoms with E-state index in [0.717, 1.165) is 31.5 Å². The van der Waals surface area contributed by atoms with E-state index in [1.54, 1.807) is 0 Å². The van der Waals surface area contributed by atoms with E-state index in [4.69, 9.17) is 0 Å². The Morgan fingerprint density at radius 3 is 2.56 bits per heavy atom. The molecule has 0 fully saturated rings. The van der Waals surface area contributed by atoms with Crippen molar-refractivity contribution < 1.29 is 13.0 Å². The van der Waals surface area contributed by atoms with Gasteiger partial charge in [0.2, 0.25) is 0 Å². The molecule has 102 valence electrons. The molecule has 18 heavy (non-hydrogen) atoms. The van der Waals surface area contributed by atoms with Crippen molar-refractivity contribution in [3.8, 4) is 0 Å². The van der Waals surface area contributed by atoms with E-state index in [-0.39, 0.29) is 6.04 Å². The molecule has 2 nitrogen and oxygen atoms in total. The summed E-state index contributed by atoms with van der Waals surface area (Å²) in [4.78, 5) is 0.339. The number of hydrogen-bond acceptors (Lipinski definition) is 2. The first-order chi connectivity index (χ1) is 8.58. The van der Waals surface area contributed by atoms with Gasteiger partial charge in [0, 0.05) is 16.7 Å². The number of nitrogens with one attached hydrogen (secondary N) is 1. The molecule has 1 aromatic rings. The highest BCUT2D eigenvalue weighted by molar-refractivity contribution is 7.85. The molecule has 0 amide bonds. The van der Waals surface area contributed by atoms with Gasteiger partial charge in [-0.2, -0.15) is 0 Å². The Bertz CT molecular complexity index is 412. The van der Waals surface area contributed by atoms with Gasteiger partial charge in [0.15, 0.2) is 11.6 Å². The maximum absolute atomic E-state index is 13.0. The zero-order valence-corrected chi connectivity index (χ0v) is 11.5. The van der Waals surface area contributed by atoms with Gasteiger partial charge in [-0.05, 0) is 37.6 Å². The maximum Gasteiger partial charge on any atom is 0.160 e. The third kappa shape index (κ3) is 4.46. The fourth-order valence-electron chi connectivity index (χ4n) is 1.57. The first-order valence-electron chi connectivity index (χ1n) is 6.15. The van der Waals surface area contributed by atoms with Crippen LogP contribution in [0.5, 0.6) is 0 Å². The lowest BCUT2D eigenvalue weighted by atomic mass is 10.2. The Hall–Kier alpha value is -0.810. The molecule has 0 spiro atoms. The molecular formula is C13H19F2NOS. The van der Waals surface area contributed by atoms with E-state index in [2.05, 4.69) is 12.2 Å². The van der Waals surface area contributed by atoms with E-state index >= 15 is 0 Å². The summed E-state index contributed by atoms with van der Waals surface area (Å²) in [5.41, 5.74) is 0. The maximum atomic E-state index is 13.0. The molecule has 0 aliphatic heterocycles. The molecule has 0 saturated carbocycles. The van der Waals surface area contributed by atoms with E-state index < -0.39 is 22.4 Å². The molecule has 1 rings (SSSR count). The molecule has 0 radical (unpaired) electrons. The molecule has 0 saturated heterocycles. The molecule has 0 aliphatic rings. The highest BCUT2D eigenvalue weighted by atomic mass is 32.2. The van der Waals surface area contributed by atoms with Gasteiger partial charge in [0.05, 0.1) is 10.8 Å². The van der Waals surface area contributed by atoms with Crippen molar-refractivity contribution in [3.05, 3.63) is 29.8 Å². The predicted octanol–water partition coefficient (Wildman–Crippen LogP) is 2.85. The van der Waals surface area contributed by atoms with Gasteiger partial charge in [-0.1, -0.05) is 13.8 Å². The van der Waals surface area contributed by atoms with Crippen LogP contribution in [-0.4, -0.2) is 22.5 Å². The summed E-state index contributed by atoms with van der Waals surface area (Å²) < 4.78 is 37.8. The van der Waals surface area contributed by atoms with Gasteiger partial charge < -0.3 is 5.32 Å². The molecule has 2 atom stereocenters. The van der Waals surface area contributed by atoms with Gasteiger partial charge in [0.25, 0.3) is 0 Å². The highest BCUT2D eigenvalue weighted by Gasteiger charge is 2.13. The van der Waals surface area contributed by atoms with Gasteiger partial charge in [-0.15, -0.1) is 0 Å². The second-order valence-electron chi connectivity index (χ2n) is 4.15. The monoisotopic (exact) mass is 275 g/mol. The molecule has 0 bridgehead atoms. The van der Waals surface area contributed by atoms with E-state index in [9.17, 15) is 13.0 Å². The van der Waals surface area contributed by atoms with Crippen LogP contribution in [0.4, 0.5) is 8.78 Å². The molecule has 1 N–H and O–H groups in total. The Morgan fingerprint density at radius 1 is 1.28 bits per heavy atom. The van der Waals surface area contributed by atoms with Crippen molar-refractivity contribution in [2.24, 2.45) is 0 Å². The van der Waals surface area contributed by atoms with Crippen LogP contribution >= 0.6 is 0 Å². The number of halogens is 2. The van der Waals surface area contributed by atoms with Crippen LogP contribution in [0.15, 0.2) is 23.1 Å². The molecule has 0 aliphatic carbocycles. The lowest BCUT2D eigenvalue weighted by molar-refractivity contribution is 0.505. The summed E-state index contributed by atoms with van der Waals surface area (Å²) in [5, 5.41) is 3.28. The Labute approximate surface area is 109 Å². The van der Waals surface area contributed by atoms with Crippen LogP contribution in [0.2, 0.25) is 0 Å². The van der Waals surface area contributed by atoms with Gasteiger partial charge in [-0.3, -0.25) is 4.21 Å². The second-order valence-corrected chi connectivity index (χ2v) is 5.64. The summed E-state index contributed by atoms with van der Waals surface area (Å²) in [6.45, 7) is 4.94. The molecule has 0 heterocycles. The van der Waals surface area contributed by atoms with E-state index in [1.807, 2.05) is 6.92 Å². The van der Waals surface area contributed by atoms with Crippen molar-refractivity contribution in [2.45, 2.75) is 37.6 Å². The van der Waals surface area contributed by atoms with Crippen molar-refractivity contribution in [2.75, 3.05) is 12.3 Å². The number of benzene rings is 1. The zero-order chi connectivity index (χ0) is 13.5. The number of hydrogen-bond donors (Lipinski definition) is 1. The van der Waals surface area contributed by atoms with Crippen molar-refractivity contribution in [3.63, 3.8) is 0 Å². The first kappa shape index (κ1) is 15.2. The summed E-state index contributed by atoms with van der Waals surface area (Å²) >= 11 is 0. The lowest BCUT2D eigenvalue weighted by Gasteiger charge is -2.16. The molecule has 0 aromatic heterocycles. The highest BCUT2D eigenvalue weighted by Crippen LogP contribution is 2.13. The van der Waals surface area contributed by atoms with E-state index in [1.165, 1.54) is 6.07 Å². The van der Waals surface area contributed by atoms with Gasteiger partial charge in [0.1, 0.15) is 0 Å². The quantitative estimate of drug-likeness (QED) is 0.829. The fourth-order valence-corrected chi connectivity index (χ4v) is 2.93. The molecular weight excluding hydrogens is 256 g/mol. The number of rotatable bonds is 7. The molecule has 5 heteroatoms. The van der Waals surface area contributed by atoms with Crippen LogP contribution in [-0.2, 0) is 10.8 Å². The topological polar surface area (TPSA) is 29.1 Å². The fraction of sp³-hybridized carbons (Fsp3) is 0.538. The minimum absolute atomic E-state index is 0.138.